The predicted octanol–water partition coefficient (Wildman–Crippen LogP) is -0.115. The average molecular weight is 223 g/mol. The smallest absolute Gasteiger partial charge is 0.310 e. The van der Waals surface area contributed by atoms with Crippen molar-refractivity contribution in [2.24, 2.45) is 13.0 Å². The number of nitrogens with zero attached hydrogens (tertiary/aromatic N) is 3. The summed E-state index contributed by atoms with van der Waals surface area (Å²) in [5, 5.41) is 12.7. The van der Waals surface area contributed by atoms with Crippen molar-refractivity contribution in [2.75, 3.05) is 13.1 Å². The Morgan fingerprint density at radius 2 is 2.12 bits per heavy atom. The molecule has 1 saturated heterocycles. The summed E-state index contributed by atoms with van der Waals surface area (Å²) in [6.07, 6.45) is 1.52. The van der Waals surface area contributed by atoms with Crippen LogP contribution < -0.4 is 0 Å². The van der Waals surface area contributed by atoms with Gasteiger partial charge in [0.05, 0.1) is 17.7 Å². The van der Waals surface area contributed by atoms with Gasteiger partial charge in [-0.05, 0) is 6.92 Å². The number of rotatable bonds is 2. The standard InChI is InChI=1S/C10H13N3O3/c1-6-8(3-11-12(6)2)9(14)13-4-7(5-13)10(15)16/h3,7H,4-5H2,1-2H3,(H,15,16). The number of carbonyl (C=O) groups is 2. The minimum Gasteiger partial charge on any atom is -0.481 e. The summed E-state index contributed by atoms with van der Waals surface area (Å²) in [7, 11) is 1.77. The number of aryl methyl sites for hydroxylation is 1. The highest BCUT2D eigenvalue weighted by molar-refractivity contribution is 5.96. The van der Waals surface area contributed by atoms with E-state index >= 15 is 0 Å². The zero-order chi connectivity index (χ0) is 11.9. The molecule has 0 bridgehead atoms. The van der Waals surface area contributed by atoms with E-state index in [-0.39, 0.29) is 5.91 Å². The van der Waals surface area contributed by atoms with Gasteiger partial charge in [0.2, 0.25) is 0 Å². The molecule has 86 valence electrons. The van der Waals surface area contributed by atoms with Crippen LogP contribution in [-0.2, 0) is 11.8 Å². The van der Waals surface area contributed by atoms with Crippen molar-refractivity contribution in [3.8, 4) is 0 Å². The number of carboxylic acid groups (broad SMARTS) is 1. The lowest BCUT2D eigenvalue weighted by Crippen LogP contribution is -2.53. The fraction of sp³-hybridized carbons (Fsp3) is 0.500. The van der Waals surface area contributed by atoms with E-state index in [1.165, 1.54) is 11.1 Å². The van der Waals surface area contributed by atoms with Gasteiger partial charge in [0.15, 0.2) is 0 Å². The van der Waals surface area contributed by atoms with Gasteiger partial charge >= 0.3 is 5.97 Å². The topological polar surface area (TPSA) is 75.4 Å². The Morgan fingerprint density at radius 3 is 2.56 bits per heavy atom. The molecular weight excluding hydrogens is 210 g/mol. The molecule has 1 amide bonds. The lowest BCUT2D eigenvalue weighted by Gasteiger charge is -2.36. The van der Waals surface area contributed by atoms with Gasteiger partial charge in [-0.3, -0.25) is 14.3 Å². The molecule has 0 aromatic carbocycles. The number of carboxylic acids is 1. The summed E-state index contributed by atoms with van der Waals surface area (Å²) in [5.74, 6) is -1.39. The molecule has 2 heterocycles. The van der Waals surface area contributed by atoms with E-state index in [4.69, 9.17) is 5.11 Å². The van der Waals surface area contributed by atoms with E-state index < -0.39 is 11.9 Å². The molecule has 1 aliphatic heterocycles. The minimum atomic E-state index is -0.841. The lowest BCUT2D eigenvalue weighted by molar-refractivity contribution is -0.146. The van der Waals surface area contributed by atoms with Crippen LogP contribution in [0.15, 0.2) is 6.20 Å². The maximum atomic E-state index is 11.9. The van der Waals surface area contributed by atoms with Crippen molar-refractivity contribution in [3.05, 3.63) is 17.5 Å². The van der Waals surface area contributed by atoms with Crippen LogP contribution in [0.5, 0.6) is 0 Å². The summed E-state index contributed by atoms with van der Waals surface area (Å²) >= 11 is 0. The van der Waals surface area contributed by atoms with Crippen LogP contribution in [-0.4, -0.2) is 44.8 Å². The van der Waals surface area contributed by atoms with Crippen molar-refractivity contribution < 1.29 is 14.7 Å². The second-order valence-electron chi connectivity index (χ2n) is 4.01. The van der Waals surface area contributed by atoms with E-state index in [2.05, 4.69) is 5.10 Å². The number of carbonyl (C=O) groups excluding carboxylic acids is 1. The predicted molar refractivity (Wildman–Crippen MR) is 55.0 cm³/mol. The fourth-order valence-electron chi connectivity index (χ4n) is 1.68. The monoisotopic (exact) mass is 223 g/mol. The Bertz CT molecular complexity index is 446. The molecule has 1 aromatic rings. The number of aliphatic carboxylic acids is 1. The van der Waals surface area contributed by atoms with E-state index in [1.54, 1.807) is 11.7 Å². The molecule has 0 atom stereocenters. The van der Waals surface area contributed by atoms with Gasteiger partial charge in [-0.15, -0.1) is 0 Å². The zero-order valence-corrected chi connectivity index (χ0v) is 9.17. The first-order valence-electron chi connectivity index (χ1n) is 5.01. The van der Waals surface area contributed by atoms with Crippen LogP contribution >= 0.6 is 0 Å². The summed E-state index contributed by atoms with van der Waals surface area (Å²) in [4.78, 5) is 24.0. The Kier molecular flexibility index (Phi) is 2.41. The van der Waals surface area contributed by atoms with Gasteiger partial charge < -0.3 is 10.0 Å². The highest BCUT2D eigenvalue weighted by Crippen LogP contribution is 2.19. The minimum absolute atomic E-state index is 0.136. The first kappa shape index (κ1) is 10.7. The van der Waals surface area contributed by atoms with E-state index in [0.717, 1.165) is 5.69 Å². The van der Waals surface area contributed by atoms with Gasteiger partial charge in [0, 0.05) is 25.8 Å². The molecule has 6 heteroatoms. The molecule has 1 aliphatic rings. The molecule has 1 aromatic heterocycles. The zero-order valence-electron chi connectivity index (χ0n) is 9.17. The van der Waals surface area contributed by atoms with E-state index in [0.29, 0.717) is 18.7 Å². The summed E-state index contributed by atoms with van der Waals surface area (Å²) in [6.45, 7) is 2.40. The number of likely N-dealkylation sites (tertiary alicyclic amines) is 1. The van der Waals surface area contributed by atoms with Crippen molar-refractivity contribution in [3.63, 3.8) is 0 Å². The second kappa shape index (κ2) is 3.62. The largest absolute Gasteiger partial charge is 0.481 e. The first-order chi connectivity index (χ1) is 7.50. The average Bonchev–Trinajstić information content (AvgIpc) is 2.44. The molecule has 0 unspecified atom stereocenters. The third-order valence-corrected chi connectivity index (χ3v) is 2.98. The number of amides is 1. The van der Waals surface area contributed by atoms with Crippen LogP contribution in [0.4, 0.5) is 0 Å². The second-order valence-corrected chi connectivity index (χ2v) is 4.01. The first-order valence-corrected chi connectivity index (χ1v) is 5.01. The van der Waals surface area contributed by atoms with Crippen molar-refractivity contribution >= 4 is 11.9 Å². The molecule has 0 aliphatic carbocycles. The van der Waals surface area contributed by atoms with Crippen molar-refractivity contribution in [1.82, 2.24) is 14.7 Å². The Morgan fingerprint density at radius 1 is 1.50 bits per heavy atom. The van der Waals surface area contributed by atoms with Crippen LogP contribution in [0, 0.1) is 12.8 Å². The normalized spacial score (nSPS) is 16.0. The highest BCUT2D eigenvalue weighted by atomic mass is 16.4. The highest BCUT2D eigenvalue weighted by Gasteiger charge is 2.36. The fourth-order valence-corrected chi connectivity index (χ4v) is 1.68. The van der Waals surface area contributed by atoms with E-state index in [9.17, 15) is 9.59 Å². The quantitative estimate of drug-likeness (QED) is 0.758. The van der Waals surface area contributed by atoms with Crippen molar-refractivity contribution in [2.45, 2.75) is 6.92 Å². The molecule has 6 nitrogen and oxygen atoms in total. The number of hydrogen-bond donors (Lipinski definition) is 1. The summed E-state index contributed by atoms with van der Waals surface area (Å²) < 4.78 is 1.63. The molecular formula is C10H13N3O3. The Labute approximate surface area is 92.5 Å². The lowest BCUT2D eigenvalue weighted by atomic mass is 9.99. The van der Waals surface area contributed by atoms with E-state index in [1.807, 2.05) is 6.92 Å². The van der Waals surface area contributed by atoms with Crippen molar-refractivity contribution in [1.29, 1.82) is 0 Å². The molecule has 16 heavy (non-hydrogen) atoms. The third-order valence-electron chi connectivity index (χ3n) is 2.98. The van der Waals surface area contributed by atoms with Crippen LogP contribution in [0.25, 0.3) is 0 Å². The molecule has 1 fully saturated rings. The van der Waals surface area contributed by atoms with Gasteiger partial charge in [-0.2, -0.15) is 5.10 Å². The molecule has 0 radical (unpaired) electrons. The molecule has 0 saturated carbocycles. The van der Waals surface area contributed by atoms with Crippen LogP contribution in [0.2, 0.25) is 0 Å². The molecule has 0 spiro atoms. The van der Waals surface area contributed by atoms with Gasteiger partial charge in [-0.1, -0.05) is 0 Å². The molecule has 2 rings (SSSR count). The Balaban J connectivity index is 2.06. The maximum absolute atomic E-state index is 11.9. The van der Waals surface area contributed by atoms with Gasteiger partial charge in [0.1, 0.15) is 0 Å². The Hall–Kier alpha value is -1.85. The van der Waals surface area contributed by atoms with Gasteiger partial charge in [-0.25, -0.2) is 0 Å². The van der Waals surface area contributed by atoms with Gasteiger partial charge in [0.25, 0.3) is 5.91 Å². The maximum Gasteiger partial charge on any atom is 0.310 e. The third kappa shape index (κ3) is 1.56. The molecule has 1 N–H and O–H groups in total. The number of aromatic nitrogens is 2. The summed E-state index contributed by atoms with van der Waals surface area (Å²) in [6, 6.07) is 0. The SMILES string of the molecule is Cc1c(C(=O)N2CC(C(=O)O)C2)cnn1C. The number of hydrogen-bond acceptors (Lipinski definition) is 3. The van der Waals surface area contributed by atoms with Crippen LogP contribution in [0.1, 0.15) is 16.1 Å². The summed E-state index contributed by atoms with van der Waals surface area (Å²) in [5.41, 5.74) is 1.34. The van der Waals surface area contributed by atoms with Crippen LogP contribution in [0.3, 0.4) is 0 Å².